The number of methoxy groups -OCH3 is 1. The van der Waals surface area contributed by atoms with Gasteiger partial charge in [-0.05, 0) is 38.8 Å². The Kier molecular flexibility index (Phi) is 3.11. The number of aryl methyl sites for hydroxylation is 1. The van der Waals surface area contributed by atoms with Gasteiger partial charge in [-0.3, -0.25) is 0 Å². The van der Waals surface area contributed by atoms with Crippen molar-refractivity contribution in [3.63, 3.8) is 0 Å². The van der Waals surface area contributed by atoms with E-state index >= 15 is 0 Å². The molecule has 0 saturated heterocycles. The second kappa shape index (κ2) is 3.96. The average molecular weight is 194 g/mol. The summed E-state index contributed by atoms with van der Waals surface area (Å²) < 4.78 is 5.10. The van der Waals surface area contributed by atoms with Gasteiger partial charge in [-0.15, -0.1) is 0 Å². The quantitative estimate of drug-likeness (QED) is 0.796. The first kappa shape index (κ1) is 11.0. The SMILES string of the molecule is COc1cc(CC(C)(C)N)cc(C)n1. The van der Waals surface area contributed by atoms with Crippen LogP contribution in [0.5, 0.6) is 5.88 Å². The number of rotatable bonds is 3. The molecule has 0 saturated carbocycles. The Balaban J connectivity index is 2.92. The molecular formula is C11H18N2O. The maximum atomic E-state index is 5.95. The van der Waals surface area contributed by atoms with Crippen molar-refractivity contribution >= 4 is 0 Å². The van der Waals surface area contributed by atoms with Gasteiger partial charge in [-0.2, -0.15) is 0 Å². The molecule has 0 aromatic carbocycles. The van der Waals surface area contributed by atoms with Crippen LogP contribution in [0.4, 0.5) is 0 Å². The Hall–Kier alpha value is -1.09. The lowest BCUT2D eigenvalue weighted by molar-refractivity contribution is 0.395. The van der Waals surface area contributed by atoms with Gasteiger partial charge in [0, 0.05) is 17.3 Å². The second-order valence-corrected chi connectivity index (χ2v) is 4.32. The monoisotopic (exact) mass is 194 g/mol. The van der Waals surface area contributed by atoms with E-state index in [1.807, 2.05) is 32.9 Å². The van der Waals surface area contributed by atoms with Crippen LogP contribution in [-0.2, 0) is 6.42 Å². The molecule has 0 atom stereocenters. The first-order valence-corrected chi connectivity index (χ1v) is 4.71. The molecule has 78 valence electrons. The van der Waals surface area contributed by atoms with Gasteiger partial charge in [-0.25, -0.2) is 4.98 Å². The molecule has 0 fully saturated rings. The van der Waals surface area contributed by atoms with E-state index in [9.17, 15) is 0 Å². The molecule has 14 heavy (non-hydrogen) atoms. The molecule has 0 unspecified atom stereocenters. The zero-order valence-corrected chi connectivity index (χ0v) is 9.29. The Labute approximate surface area is 85.3 Å². The average Bonchev–Trinajstić information content (AvgIpc) is 1.99. The van der Waals surface area contributed by atoms with Gasteiger partial charge in [0.25, 0.3) is 0 Å². The van der Waals surface area contributed by atoms with Gasteiger partial charge in [-0.1, -0.05) is 0 Å². The molecule has 0 aliphatic rings. The highest BCUT2D eigenvalue weighted by Gasteiger charge is 2.12. The number of hydrogen-bond acceptors (Lipinski definition) is 3. The second-order valence-electron chi connectivity index (χ2n) is 4.32. The van der Waals surface area contributed by atoms with Crippen LogP contribution < -0.4 is 10.5 Å². The zero-order chi connectivity index (χ0) is 10.8. The smallest absolute Gasteiger partial charge is 0.213 e. The van der Waals surface area contributed by atoms with Crippen LogP contribution in [0, 0.1) is 6.92 Å². The minimum absolute atomic E-state index is 0.196. The first-order chi connectivity index (χ1) is 6.40. The number of nitrogens with two attached hydrogens (primary N) is 1. The highest BCUT2D eigenvalue weighted by molar-refractivity contribution is 5.25. The molecule has 0 bridgehead atoms. The lowest BCUT2D eigenvalue weighted by atomic mass is 9.96. The lowest BCUT2D eigenvalue weighted by Crippen LogP contribution is -2.34. The molecule has 0 aliphatic heterocycles. The third kappa shape index (κ3) is 3.34. The van der Waals surface area contributed by atoms with E-state index in [1.54, 1.807) is 7.11 Å². The molecule has 1 aromatic heterocycles. The minimum Gasteiger partial charge on any atom is -0.481 e. The molecule has 0 aliphatic carbocycles. The van der Waals surface area contributed by atoms with Crippen molar-refractivity contribution < 1.29 is 4.74 Å². The largest absolute Gasteiger partial charge is 0.481 e. The molecular weight excluding hydrogens is 176 g/mol. The van der Waals surface area contributed by atoms with Crippen molar-refractivity contribution in [3.8, 4) is 5.88 Å². The van der Waals surface area contributed by atoms with Crippen molar-refractivity contribution in [2.75, 3.05) is 7.11 Å². The summed E-state index contributed by atoms with van der Waals surface area (Å²) in [5, 5.41) is 0. The summed E-state index contributed by atoms with van der Waals surface area (Å²) in [6, 6.07) is 3.97. The summed E-state index contributed by atoms with van der Waals surface area (Å²) in [5.74, 6) is 0.657. The molecule has 0 amide bonds. The predicted octanol–water partition coefficient (Wildman–Crippen LogP) is 1.68. The van der Waals surface area contributed by atoms with Gasteiger partial charge >= 0.3 is 0 Å². The van der Waals surface area contributed by atoms with Crippen molar-refractivity contribution in [1.29, 1.82) is 0 Å². The van der Waals surface area contributed by atoms with Crippen LogP contribution in [-0.4, -0.2) is 17.6 Å². The summed E-state index contributed by atoms with van der Waals surface area (Å²) in [4.78, 5) is 4.22. The van der Waals surface area contributed by atoms with Crippen LogP contribution in [0.15, 0.2) is 12.1 Å². The Morgan fingerprint density at radius 1 is 1.43 bits per heavy atom. The Morgan fingerprint density at radius 3 is 2.57 bits per heavy atom. The van der Waals surface area contributed by atoms with E-state index in [2.05, 4.69) is 4.98 Å². The summed E-state index contributed by atoms with van der Waals surface area (Å²) >= 11 is 0. The standard InChI is InChI=1S/C11H18N2O/c1-8-5-9(7-11(2,3)12)6-10(13-8)14-4/h5-6H,7,12H2,1-4H3. The van der Waals surface area contributed by atoms with Crippen molar-refractivity contribution in [1.82, 2.24) is 4.98 Å². The maximum absolute atomic E-state index is 5.95. The third-order valence-corrected chi connectivity index (χ3v) is 1.86. The van der Waals surface area contributed by atoms with E-state index in [0.717, 1.165) is 12.1 Å². The lowest BCUT2D eigenvalue weighted by Gasteiger charge is -2.18. The van der Waals surface area contributed by atoms with Crippen LogP contribution in [0.3, 0.4) is 0 Å². The topological polar surface area (TPSA) is 48.1 Å². The number of ether oxygens (including phenoxy) is 1. The van der Waals surface area contributed by atoms with E-state index in [0.29, 0.717) is 5.88 Å². The van der Waals surface area contributed by atoms with Gasteiger partial charge in [0.15, 0.2) is 0 Å². The molecule has 2 N–H and O–H groups in total. The van der Waals surface area contributed by atoms with Crippen LogP contribution in [0.2, 0.25) is 0 Å². The third-order valence-electron chi connectivity index (χ3n) is 1.86. The number of hydrogen-bond donors (Lipinski definition) is 1. The Bertz CT molecular complexity index is 316. The van der Waals surface area contributed by atoms with Crippen LogP contribution in [0.1, 0.15) is 25.1 Å². The number of nitrogens with zero attached hydrogens (tertiary/aromatic N) is 1. The van der Waals surface area contributed by atoms with Gasteiger partial charge in [0.1, 0.15) is 0 Å². The first-order valence-electron chi connectivity index (χ1n) is 4.71. The summed E-state index contributed by atoms with van der Waals surface area (Å²) in [7, 11) is 1.62. The van der Waals surface area contributed by atoms with Crippen LogP contribution in [0.25, 0.3) is 0 Å². The van der Waals surface area contributed by atoms with Crippen molar-refractivity contribution in [2.24, 2.45) is 5.73 Å². The van der Waals surface area contributed by atoms with E-state index < -0.39 is 0 Å². The Morgan fingerprint density at radius 2 is 2.07 bits per heavy atom. The number of aromatic nitrogens is 1. The fourth-order valence-electron chi connectivity index (χ4n) is 1.44. The number of pyridine rings is 1. The zero-order valence-electron chi connectivity index (χ0n) is 9.29. The fourth-order valence-corrected chi connectivity index (χ4v) is 1.44. The highest BCUT2D eigenvalue weighted by Crippen LogP contribution is 2.16. The maximum Gasteiger partial charge on any atom is 0.213 e. The van der Waals surface area contributed by atoms with Gasteiger partial charge in [0.05, 0.1) is 7.11 Å². The normalized spacial score (nSPS) is 11.5. The summed E-state index contributed by atoms with van der Waals surface area (Å²) in [6.45, 7) is 5.97. The molecule has 3 nitrogen and oxygen atoms in total. The van der Waals surface area contributed by atoms with E-state index in [4.69, 9.17) is 10.5 Å². The fraction of sp³-hybridized carbons (Fsp3) is 0.545. The molecule has 3 heteroatoms. The molecule has 0 spiro atoms. The molecule has 1 aromatic rings. The van der Waals surface area contributed by atoms with E-state index in [-0.39, 0.29) is 5.54 Å². The van der Waals surface area contributed by atoms with Gasteiger partial charge in [0.2, 0.25) is 5.88 Å². The van der Waals surface area contributed by atoms with Crippen molar-refractivity contribution in [3.05, 3.63) is 23.4 Å². The van der Waals surface area contributed by atoms with Crippen molar-refractivity contribution in [2.45, 2.75) is 32.7 Å². The van der Waals surface area contributed by atoms with Gasteiger partial charge < -0.3 is 10.5 Å². The van der Waals surface area contributed by atoms with Crippen LogP contribution >= 0.6 is 0 Å². The molecule has 1 heterocycles. The molecule has 0 radical (unpaired) electrons. The summed E-state index contributed by atoms with van der Waals surface area (Å²) in [5.41, 5.74) is 7.88. The molecule has 1 rings (SSSR count). The summed E-state index contributed by atoms with van der Waals surface area (Å²) in [6.07, 6.45) is 0.826. The minimum atomic E-state index is -0.196. The van der Waals surface area contributed by atoms with E-state index in [1.165, 1.54) is 5.56 Å². The highest BCUT2D eigenvalue weighted by atomic mass is 16.5. The predicted molar refractivity (Wildman–Crippen MR) is 57.5 cm³/mol.